The van der Waals surface area contributed by atoms with Crippen molar-refractivity contribution in [1.82, 2.24) is 10.2 Å². The fourth-order valence-electron chi connectivity index (χ4n) is 5.49. The Morgan fingerprint density at radius 2 is 1.44 bits per heavy atom. The van der Waals surface area contributed by atoms with E-state index in [2.05, 4.69) is 102 Å². The molecule has 0 radical (unpaired) electrons. The number of benzene rings is 4. The van der Waals surface area contributed by atoms with Crippen LogP contribution in [0.2, 0.25) is 0 Å². The SMILES string of the molecule is C=C(CCc1ccccc1)N1CCC(C(=O)NCc2cccc3ccccc23)(c2ccccc2)CC1. The first kappa shape index (κ1) is 23.9. The molecule has 1 saturated heterocycles. The van der Waals surface area contributed by atoms with Crippen LogP contribution in [0.15, 0.2) is 115 Å². The molecule has 5 rings (SSSR count). The molecule has 0 unspecified atom stereocenters. The Morgan fingerprint density at radius 3 is 2.19 bits per heavy atom. The minimum absolute atomic E-state index is 0.121. The average Bonchev–Trinajstić information content (AvgIpc) is 2.95. The number of piperidine rings is 1. The Morgan fingerprint density at radius 1 is 0.806 bits per heavy atom. The van der Waals surface area contributed by atoms with E-state index in [1.807, 2.05) is 18.2 Å². The van der Waals surface area contributed by atoms with Gasteiger partial charge in [0.1, 0.15) is 0 Å². The molecule has 4 aromatic rings. The molecular formula is C33H34N2O. The number of carbonyl (C=O) groups is 1. The Balaban J connectivity index is 1.29. The predicted octanol–water partition coefficient (Wildman–Crippen LogP) is 6.64. The van der Waals surface area contributed by atoms with E-state index in [1.165, 1.54) is 16.3 Å². The van der Waals surface area contributed by atoms with Gasteiger partial charge >= 0.3 is 0 Å². The molecule has 0 saturated carbocycles. The van der Waals surface area contributed by atoms with Crippen LogP contribution >= 0.6 is 0 Å². The monoisotopic (exact) mass is 474 g/mol. The lowest BCUT2D eigenvalue weighted by Crippen LogP contribution is -2.51. The van der Waals surface area contributed by atoms with Crippen LogP contribution in [0.5, 0.6) is 0 Å². The minimum atomic E-state index is -0.526. The summed E-state index contributed by atoms with van der Waals surface area (Å²) in [7, 11) is 0. The molecule has 0 atom stereocenters. The van der Waals surface area contributed by atoms with Crippen LogP contribution in [0, 0.1) is 0 Å². The van der Waals surface area contributed by atoms with Gasteiger partial charge in [-0.1, -0.05) is 110 Å². The Labute approximate surface area is 214 Å². The largest absolute Gasteiger partial charge is 0.375 e. The van der Waals surface area contributed by atoms with Gasteiger partial charge in [0.25, 0.3) is 0 Å². The van der Waals surface area contributed by atoms with Gasteiger partial charge in [-0.25, -0.2) is 0 Å². The first-order chi connectivity index (χ1) is 17.7. The zero-order chi connectivity index (χ0) is 24.8. The van der Waals surface area contributed by atoms with Crippen LogP contribution in [-0.2, 0) is 23.2 Å². The van der Waals surface area contributed by atoms with Crippen molar-refractivity contribution in [3.8, 4) is 0 Å². The van der Waals surface area contributed by atoms with Crippen molar-refractivity contribution in [1.29, 1.82) is 0 Å². The maximum atomic E-state index is 13.9. The Bertz CT molecular complexity index is 1320. The van der Waals surface area contributed by atoms with Crippen LogP contribution in [-0.4, -0.2) is 23.9 Å². The van der Waals surface area contributed by atoms with Crippen molar-refractivity contribution in [3.63, 3.8) is 0 Å². The molecule has 1 amide bonds. The second kappa shape index (κ2) is 10.8. The second-order valence-electron chi connectivity index (χ2n) is 9.81. The Hall–Kier alpha value is -3.85. The molecule has 1 N–H and O–H groups in total. The van der Waals surface area contributed by atoms with Crippen molar-refractivity contribution in [2.24, 2.45) is 0 Å². The zero-order valence-electron chi connectivity index (χ0n) is 20.8. The minimum Gasteiger partial charge on any atom is -0.375 e. The van der Waals surface area contributed by atoms with Gasteiger partial charge in [-0.3, -0.25) is 4.79 Å². The molecular weight excluding hydrogens is 440 g/mol. The number of rotatable bonds is 8. The van der Waals surface area contributed by atoms with Gasteiger partial charge in [0.05, 0.1) is 5.41 Å². The summed E-state index contributed by atoms with van der Waals surface area (Å²) in [6.07, 6.45) is 3.49. The highest BCUT2D eigenvalue weighted by Crippen LogP contribution is 2.37. The van der Waals surface area contributed by atoms with E-state index in [0.29, 0.717) is 6.54 Å². The summed E-state index contributed by atoms with van der Waals surface area (Å²) in [6.45, 7) is 6.59. The van der Waals surface area contributed by atoms with Gasteiger partial charge in [0.15, 0.2) is 0 Å². The number of likely N-dealkylation sites (tertiary alicyclic amines) is 1. The lowest BCUT2D eigenvalue weighted by molar-refractivity contribution is -0.128. The molecule has 1 fully saturated rings. The Kier molecular flexibility index (Phi) is 7.18. The zero-order valence-corrected chi connectivity index (χ0v) is 20.8. The van der Waals surface area contributed by atoms with Gasteiger partial charge in [0, 0.05) is 25.3 Å². The summed E-state index contributed by atoms with van der Waals surface area (Å²) in [6, 6.07) is 35.5. The van der Waals surface area contributed by atoms with E-state index in [-0.39, 0.29) is 5.91 Å². The lowest BCUT2D eigenvalue weighted by Gasteiger charge is -2.42. The number of allylic oxidation sites excluding steroid dienone is 1. The molecule has 0 bridgehead atoms. The summed E-state index contributed by atoms with van der Waals surface area (Å²) in [5.74, 6) is 0.121. The van der Waals surface area contributed by atoms with Gasteiger partial charge < -0.3 is 10.2 Å². The van der Waals surface area contributed by atoms with Gasteiger partial charge in [-0.15, -0.1) is 0 Å². The number of hydrogen-bond donors (Lipinski definition) is 1. The summed E-state index contributed by atoms with van der Waals surface area (Å²) in [4.78, 5) is 16.2. The van der Waals surface area contributed by atoms with Crippen molar-refractivity contribution in [2.75, 3.05) is 13.1 Å². The molecule has 1 aliphatic rings. The molecule has 0 aliphatic carbocycles. The molecule has 1 heterocycles. The lowest BCUT2D eigenvalue weighted by atomic mass is 9.71. The summed E-state index contributed by atoms with van der Waals surface area (Å²) in [5, 5.41) is 5.70. The maximum Gasteiger partial charge on any atom is 0.231 e. The number of fused-ring (bicyclic) bond motifs is 1. The molecule has 36 heavy (non-hydrogen) atoms. The molecule has 182 valence electrons. The first-order valence-electron chi connectivity index (χ1n) is 12.9. The molecule has 0 spiro atoms. The quantitative estimate of drug-likeness (QED) is 0.311. The highest BCUT2D eigenvalue weighted by Gasteiger charge is 2.42. The van der Waals surface area contributed by atoms with Crippen LogP contribution in [0.25, 0.3) is 10.8 Å². The molecule has 3 heteroatoms. The molecule has 0 aromatic heterocycles. The number of nitrogens with zero attached hydrogens (tertiary/aromatic N) is 1. The number of carbonyl (C=O) groups excluding carboxylic acids is 1. The highest BCUT2D eigenvalue weighted by molar-refractivity contribution is 5.90. The fraction of sp³-hybridized carbons (Fsp3) is 0.242. The normalized spacial score (nSPS) is 14.9. The number of aryl methyl sites for hydroxylation is 1. The van der Waals surface area contributed by atoms with Gasteiger partial charge in [-0.2, -0.15) is 0 Å². The summed E-state index contributed by atoms with van der Waals surface area (Å²) >= 11 is 0. The van der Waals surface area contributed by atoms with Crippen LogP contribution in [0.1, 0.15) is 36.0 Å². The highest BCUT2D eigenvalue weighted by atomic mass is 16.2. The van der Waals surface area contributed by atoms with Crippen LogP contribution in [0.3, 0.4) is 0 Å². The maximum absolute atomic E-state index is 13.9. The third-order valence-electron chi connectivity index (χ3n) is 7.69. The smallest absolute Gasteiger partial charge is 0.231 e. The standard InChI is InChI=1S/C33H34N2O/c1-26(19-20-27-11-4-2-5-12-27)35-23-21-33(22-24-35,30-16-6-3-7-17-30)32(36)34-25-29-15-10-14-28-13-8-9-18-31(28)29/h2-18H,1,19-25H2,(H,34,36). The van der Waals surface area contributed by atoms with E-state index in [1.54, 1.807) is 0 Å². The van der Waals surface area contributed by atoms with Gasteiger partial charge in [0.2, 0.25) is 5.91 Å². The molecule has 3 nitrogen and oxygen atoms in total. The van der Waals surface area contributed by atoms with Crippen molar-refractivity contribution >= 4 is 16.7 Å². The number of nitrogens with one attached hydrogen (secondary N) is 1. The topological polar surface area (TPSA) is 32.3 Å². The predicted molar refractivity (Wildman–Crippen MR) is 149 cm³/mol. The number of hydrogen-bond acceptors (Lipinski definition) is 2. The second-order valence-corrected chi connectivity index (χ2v) is 9.81. The van der Waals surface area contributed by atoms with E-state index in [9.17, 15) is 4.79 Å². The first-order valence-corrected chi connectivity index (χ1v) is 12.9. The third-order valence-corrected chi connectivity index (χ3v) is 7.69. The van der Waals surface area contributed by atoms with Gasteiger partial charge in [-0.05, 0) is 53.1 Å². The molecule has 4 aromatic carbocycles. The third kappa shape index (κ3) is 5.06. The van der Waals surface area contributed by atoms with E-state index < -0.39 is 5.41 Å². The van der Waals surface area contributed by atoms with E-state index in [0.717, 1.165) is 55.6 Å². The van der Waals surface area contributed by atoms with Crippen molar-refractivity contribution in [3.05, 3.63) is 132 Å². The molecule has 1 aliphatic heterocycles. The van der Waals surface area contributed by atoms with Crippen molar-refractivity contribution in [2.45, 2.75) is 37.6 Å². The average molecular weight is 475 g/mol. The van der Waals surface area contributed by atoms with Crippen LogP contribution < -0.4 is 5.32 Å². The number of amides is 1. The summed E-state index contributed by atoms with van der Waals surface area (Å²) in [5.41, 5.74) is 4.23. The summed E-state index contributed by atoms with van der Waals surface area (Å²) < 4.78 is 0. The van der Waals surface area contributed by atoms with E-state index in [4.69, 9.17) is 0 Å². The van der Waals surface area contributed by atoms with E-state index >= 15 is 0 Å². The fourth-order valence-corrected chi connectivity index (χ4v) is 5.49. The van der Waals surface area contributed by atoms with Crippen molar-refractivity contribution < 1.29 is 4.79 Å². The van der Waals surface area contributed by atoms with Crippen LogP contribution in [0.4, 0.5) is 0 Å².